The molecule has 3 heterocycles. The van der Waals surface area contributed by atoms with Crippen LogP contribution in [0.1, 0.15) is 39.0 Å². The number of hydrogen-bond donors (Lipinski definition) is 1. The highest BCUT2D eigenvalue weighted by Gasteiger charge is 2.46. The molecule has 134 valence electrons. The number of aryl methyl sites for hydroxylation is 2. The molecule has 1 aliphatic rings. The first kappa shape index (κ1) is 17.0. The topological polar surface area (TPSA) is 93.2 Å². The summed E-state index contributed by atoms with van der Waals surface area (Å²) in [7, 11) is 1.39. The van der Waals surface area contributed by atoms with Gasteiger partial charge in [-0.1, -0.05) is 0 Å². The van der Waals surface area contributed by atoms with E-state index in [9.17, 15) is 27.9 Å². The summed E-state index contributed by atoms with van der Waals surface area (Å²) in [6, 6.07) is -0.460. The third-order valence-electron chi connectivity index (χ3n) is 4.03. The van der Waals surface area contributed by atoms with Crippen molar-refractivity contribution < 1.29 is 27.9 Å². The molecular formula is C14H14F3N5O3. The minimum Gasteiger partial charge on any atom is -0.478 e. The van der Waals surface area contributed by atoms with Crippen molar-refractivity contribution >= 4 is 17.7 Å². The zero-order valence-corrected chi connectivity index (χ0v) is 13.3. The molecule has 8 nitrogen and oxygen atoms in total. The van der Waals surface area contributed by atoms with Crippen molar-refractivity contribution in [2.24, 2.45) is 7.05 Å². The standard InChI is InChI=1S/C14H14F3N5O3/c1-7-5-10-21(4-3-9(14(15,16)17)22(10)19-7)12(23)11-8(13(24)25)6-18-20(11)2/h5-6,9H,3-4H2,1-2H3,(H,24,25). The summed E-state index contributed by atoms with van der Waals surface area (Å²) in [5.41, 5.74) is -0.191. The highest BCUT2D eigenvalue weighted by atomic mass is 19.4. The van der Waals surface area contributed by atoms with E-state index in [0.717, 1.165) is 20.5 Å². The van der Waals surface area contributed by atoms with Crippen LogP contribution in [0.4, 0.5) is 19.0 Å². The summed E-state index contributed by atoms with van der Waals surface area (Å²) in [5.74, 6) is -2.10. The Balaban J connectivity index is 2.06. The lowest BCUT2D eigenvalue weighted by molar-refractivity contribution is -0.172. The predicted octanol–water partition coefficient (Wildman–Crippen LogP) is 1.78. The number of halogens is 3. The van der Waals surface area contributed by atoms with Crippen molar-refractivity contribution in [1.29, 1.82) is 0 Å². The number of carbonyl (C=O) groups is 2. The van der Waals surface area contributed by atoms with Gasteiger partial charge in [0.1, 0.15) is 17.1 Å². The zero-order chi connectivity index (χ0) is 18.5. The molecule has 0 radical (unpaired) electrons. The number of amides is 1. The Hall–Kier alpha value is -2.85. The van der Waals surface area contributed by atoms with Crippen LogP contribution in [0.2, 0.25) is 0 Å². The first-order valence-electron chi connectivity index (χ1n) is 7.31. The van der Waals surface area contributed by atoms with E-state index >= 15 is 0 Å². The van der Waals surface area contributed by atoms with E-state index in [1.165, 1.54) is 20.0 Å². The minimum absolute atomic E-state index is 0.0198. The SMILES string of the molecule is Cc1cc2n(n1)C(C(F)(F)F)CCN2C(=O)c1c(C(=O)O)cnn1C. The molecule has 1 unspecified atom stereocenters. The molecule has 1 N–H and O–H groups in total. The van der Waals surface area contributed by atoms with Gasteiger partial charge >= 0.3 is 12.1 Å². The number of hydrogen-bond acceptors (Lipinski definition) is 4. The Morgan fingerprint density at radius 2 is 2.04 bits per heavy atom. The molecule has 0 aromatic carbocycles. The summed E-state index contributed by atoms with van der Waals surface area (Å²) in [4.78, 5) is 25.2. The number of alkyl halides is 3. The van der Waals surface area contributed by atoms with Crippen LogP contribution >= 0.6 is 0 Å². The molecule has 0 saturated carbocycles. The van der Waals surface area contributed by atoms with Gasteiger partial charge in [0.15, 0.2) is 6.04 Å². The van der Waals surface area contributed by atoms with Gasteiger partial charge in [-0.05, 0) is 13.3 Å². The molecule has 1 aliphatic heterocycles. The van der Waals surface area contributed by atoms with Crippen molar-refractivity contribution in [3.05, 3.63) is 29.2 Å². The lowest BCUT2D eigenvalue weighted by Crippen LogP contribution is -2.44. The molecule has 2 aromatic heterocycles. The third kappa shape index (κ3) is 2.75. The summed E-state index contributed by atoms with van der Waals surface area (Å²) in [5, 5.41) is 16.8. The molecule has 0 fully saturated rings. The fourth-order valence-electron chi connectivity index (χ4n) is 2.91. The van der Waals surface area contributed by atoms with Gasteiger partial charge in [0.2, 0.25) is 0 Å². The van der Waals surface area contributed by atoms with Crippen LogP contribution in [-0.2, 0) is 7.05 Å². The van der Waals surface area contributed by atoms with Crippen molar-refractivity contribution in [3.63, 3.8) is 0 Å². The highest BCUT2D eigenvalue weighted by Crippen LogP contribution is 2.39. The number of nitrogens with zero attached hydrogens (tertiary/aromatic N) is 5. The van der Waals surface area contributed by atoms with Gasteiger partial charge in [0, 0.05) is 19.7 Å². The summed E-state index contributed by atoms with van der Waals surface area (Å²) in [6.45, 7) is 1.31. The Labute approximate surface area is 139 Å². The Morgan fingerprint density at radius 3 is 2.64 bits per heavy atom. The van der Waals surface area contributed by atoms with E-state index in [1.54, 1.807) is 0 Å². The van der Waals surface area contributed by atoms with Crippen LogP contribution in [0, 0.1) is 6.92 Å². The number of aromatic nitrogens is 4. The number of aromatic carboxylic acids is 1. The molecule has 0 aliphatic carbocycles. The Kier molecular flexibility index (Phi) is 3.81. The van der Waals surface area contributed by atoms with E-state index in [2.05, 4.69) is 10.2 Å². The van der Waals surface area contributed by atoms with E-state index in [1.807, 2.05) is 0 Å². The largest absolute Gasteiger partial charge is 0.478 e. The maximum absolute atomic E-state index is 13.2. The van der Waals surface area contributed by atoms with Crippen molar-refractivity contribution in [3.8, 4) is 0 Å². The van der Waals surface area contributed by atoms with Gasteiger partial charge in [-0.15, -0.1) is 0 Å². The molecule has 0 spiro atoms. The van der Waals surface area contributed by atoms with Gasteiger partial charge < -0.3 is 5.11 Å². The van der Waals surface area contributed by atoms with E-state index in [-0.39, 0.29) is 30.0 Å². The van der Waals surface area contributed by atoms with Gasteiger partial charge in [0.05, 0.1) is 11.9 Å². The predicted molar refractivity (Wildman–Crippen MR) is 78.5 cm³/mol. The smallest absolute Gasteiger partial charge is 0.410 e. The molecule has 1 amide bonds. The number of rotatable bonds is 2. The van der Waals surface area contributed by atoms with Crippen LogP contribution < -0.4 is 4.90 Å². The van der Waals surface area contributed by atoms with E-state index < -0.39 is 24.1 Å². The molecule has 2 aromatic rings. The molecule has 11 heteroatoms. The lowest BCUT2D eigenvalue weighted by Gasteiger charge is -2.33. The molecule has 3 rings (SSSR count). The number of carbonyl (C=O) groups excluding carboxylic acids is 1. The normalized spacial score (nSPS) is 17.5. The second-order valence-corrected chi connectivity index (χ2v) is 5.73. The van der Waals surface area contributed by atoms with Gasteiger partial charge in [-0.2, -0.15) is 23.4 Å². The van der Waals surface area contributed by atoms with Crippen LogP contribution in [-0.4, -0.2) is 49.3 Å². The zero-order valence-electron chi connectivity index (χ0n) is 13.3. The highest BCUT2D eigenvalue weighted by molar-refractivity contribution is 6.10. The first-order valence-corrected chi connectivity index (χ1v) is 7.31. The molecule has 0 bridgehead atoms. The number of carboxylic acids is 1. The Bertz CT molecular complexity index is 855. The fourth-order valence-corrected chi connectivity index (χ4v) is 2.91. The van der Waals surface area contributed by atoms with E-state index in [4.69, 9.17) is 0 Å². The van der Waals surface area contributed by atoms with Crippen molar-refractivity contribution in [1.82, 2.24) is 19.6 Å². The van der Waals surface area contributed by atoms with Crippen molar-refractivity contribution in [2.45, 2.75) is 25.6 Å². The molecule has 1 atom stereocenters. The van der Waals surface area contributed by atoms with Crippen molar-refractivity contribution in [2.75, 3.05) is 11.4 Å². The molecule has 25 heavy (non-hydrogen) atoms. The molecular weight excluding hydrogens is 343 g/mol. The second-order valence-electron chi connectivity index (χ2n) is 5.73. The Morgan fingerprint density at radius 1 is 1.36 bits per heavy atom. The average molecular weight is 357 g/mol. The minimum atomic E-state index is -4.50. The first-order chi connectivity index (χ1) is 11.6. The van der Waals surface area contributed by atoms with Gasteiger partial charge in [-0.3, -0.25) is 14.4 Å². The number of carboxylic acid groups (broad SMARTS) is 1. The monoisotopic (exact) mass is 357 g/mol. The van der Waals surface area contributed by atoms with Crippen LogP contribution in [0.3, 0.4) is 0 Å². The van der Waals surface area contributed by atoms with Crippen LogP contribution in [0.25, 0.3) is 0 Å². The summed E-state index contributed by atoms with van der Waals surface area (Å²) < 4.78 is 41.5. The van der Waals surface area contributed by atoms with E-state index in [0.29, 0.717) is 5.69 Å². The lowest BCUT2D eigenvalue weighted by atomic mass is 10.1. The molecule has 0 saturated heterocycles. The maximum Gasteiger partial charge on any atom is 0.410 e. The van der Waals surface area contributed by atoms with Gasteiger partial charge in [-0.25, -0.2) is 9.48 Å². The van der Waals surface area contributed by atoms with Gasteiger partial charge in [0.25, 0.3) is 5.91 Å². The third-order valence-corrected chi connectivity index (χ3v) is 4.03. The van der Waals surface area contributed by atoms with Crippen LogP contribution in [0.15, 0.2) is 12.3 Å². The average Bonchev–Trinajstić information content (AvgIpc) is 3.06. The van der Waals surface area contributed by atoms with Crippen LogP contribution in [0.5, 0.6) is 0 Å². The number of anilines is 1. The fraction of sp³-hybridized carbons (Fsp3) is 0.429. The summed E-state index contributed by atoms with van der Waals surface area (Å²) >= 11 is 0. The number of fused-ring (bicyclic) bond motifs is 1. The summed E-state index contributed by atoms with van der Waals surface area (Å²) in [6.07, 6.45) is -3.84. The maximum atomic E-state index is 13.2. The second kappa shape index (κ2) is 5.60. The quantitative estimate of drug-likeness (QED) is 0.884.